The number of aromatic nitrogens is 1. The van der Waals surface area contributed by atoms with Crippen LogP contribution in [0, 0.1) is 0 Å². The van der Waals surface area contributed by atoms with Crippen molar-refractivity contribution in [3.8, 4) is 0 Å². The van der Waals surface area contributed by atoms with E-state index in [1.165, 1.54) is 21.9 Å². The van der Waals surface area contributed by atoms with Crippen molar-refractivity contribution >= 4 is 10.8 Å². The molecule has 0 saturated heterocycles. The van der Waals surface area contributed by atoms with Crippen LogP contribution in [0.25, 0.3) is 10.8 Å². The zero-order valence-corrected chi connectivity index (χ0v) is 12.3. The molecule has 0 fully saturated rings. The van der Waals surface area contributed by atoms with Gasteiger partial charge in [-0.2, -0.15) is 0 Å². The van der Waals surface area contributed by atoms with Crippen LogP contribution < -0.4 is 0 Å². The molecule has 0 aliphatic carbocycles. The maximum absolute atomic E-state index is 4.23. The minimum absolute atomic E-state index is 0.142. The highest BCUT2D eigenvalue weighted by Crippen LogP contribution is 2.38. The average Bonchev–Trinajstić information content (AvgIpc) is 2.24. The molecule has 0 saturated carbocycles. The molecule has 0 aliphatic rings. The van der Waals surface area contributed by atoms with Crippen molar-refractivity contribution in [2.24, 2.45) is 0 Å². The van der Waals surface area contributed by atoms with Gasteiger partial charge in [-0.15, -0.1) is 0 Å². The molecule has 0 aliphatic heterocycles. The molecular formula is C17H23N. The van der Waals surface area contributed by atoms with Gasteiger partial charge in [-0.25, -0.2) is 0 Å². The zero-order valence-electron chi connectivity index (χ0n) is 12.3. The summed E-state index contributed by atoms with van der Waals surface area (Å²) in [7, 11) is 0. The SMILES string of the molecule is CC(C)(C)c1ccc2cnccc2c1C(C)(C)C. The number of benzene rings is 1. The van der Waals surface area contributed by atoms with Gasteiger partial charge in [-0.1, -0.05) is 53.7 Å². The maximum Gasteiger partial charge on any atom is 0.0346 e. The zero-order chi connectivity index (χ0) is 13.6. The quantitative estimate of drug-likeness (QED) is 0.643. The van der Waals surface area contributed by atoms with E-state index in [9.17, 15) is 0 Å². The number of hydrogen-bond donors (Lipinski definition) is 0. The molecule has 1 aromatic carbocycles. The van der Waals surface area contributed by atoms with Gasteiger partial charge in [-0.3, -0.25) is 4.98 Å². The summed E-state index contributed by atoms with van der Waals surface area (Å²) in [6, 6.07) is 6.61. The normalized spacial score (nSPS) is 13.0. The van der Waals surface area contributed by atoms with E-state index in [-0.39, 0.29) is 10.8 Å². The Bertz CT molecular complexity index is 568. The smallest absolute Gasteiger partial charge is 0.0346 e. The summed E-state index contributed by atoms with van der Waals surface area (Å²) < 4.78 is 0. The number of nitrogens with zero attached hydrogens (tertiary/aromatic N) is 1. The van der Waals surface area contributed by atoms with Crippen LogP contribution >= 0.6 is 0 Å². The Hall–Kier alpha value is -1.37. The lowest BCUT2D eigenvalue weighted by molar-refractivity contribution is 0.534. The van der Waals surface area contributed by atoms with Crippen LogP contribution in [0.2, 0.25) is 0 Å². The Balaban J connectivity index is 2.89. The van der Waals surface area contributed by atoms with E-state index in [0.29, 0.717) is 0 Å². The van der Waals surface area contributed by atoms with Gasteiger partial charge in [0, 0.05) is 17.8 Å². The van der Waals surface area contributed by atoms with E-state index in [1.54, 1.807) is 0 Å². The van der Waals surface area contributed by atoms with Gasteiger partial charge in [0.2, 0.25) is 0 Å². The second-order valence-electron chi connectivity index (χ2n) is 7.08. The first-order chi connectivity index (χ1) is 8.21. The minimum atomic E-state index is 0.142. The van der Waals surface area contributed by atoms with Crippen LogP contribution in [0.15, 0.2) is 30.6 Å². The second-order valence-corrected chi connectivity index (χ2v) is 7.08. The summed E-state index contributed by atoms with van der Waals surface area (Å²) in [5.74, 6) is 0. The first-order valence-corrected chi connectivity index (χ1v) is 6.59. The molecule has 2 rings (SSSR count). The highest BCUT2D eigenvalue weighted by Gasteiger charge is 2.26. The third-order valence-corrected chi connectivity index (χ3v) is 3.38. The monoisotopic (exact) mass is 241 g/mol. The molecule has 0 amide bonds. The molecular weight excluding hydrogens is 218 g/mol. The van der Waals surface area contributed by atoms with Gasteiger partial charge in [0.15, 0.2) is 0 Å². The fraction of sp³-hybridized carbons (Fsp3) is 0.471. The lowest BCUT2D eigenvalue weighted by Crippen LogP contribution is -2.22. The first-order valence-electron chi connectivity index (χ1n) is 6.59. The van der Waals surface area contributed by atoms with Gasteiger partial charge in [0.1, 0.15) is 0 Å². The van der Waals surface area contributed by atoms with Crippen molar-refractivity contribution in [3.05, 3.63) is 41.7 Å². The summed E-state index contributed by atoms with van der Waals surface area (Å²) in [6.45, 7) is 13.7. The topological polar surface area (TPSA) is 12.9 Å². The number of rotatable bonds is 0. The summed E-state index contributed by atoms with van der Waals surface area (Å²) in [6.07, 6.45) is 3.85. The lowest BCUT2D eigenvalue weighted by atomic mass is 9.73. The van der Waals surface area contributed by atoms with Crippen LogP contribution in [0.5, 0.6) is 0 Å². The highest BCUT2D eigenvalue weighted by molar-refractivity contribution is 5.87. The Labute approximate surface area is 110 Å². The van der Waals surface area contributed by atoms with Crippen molar-refractivity contribution in [3.63, 3.8) is 0 Å². The van der Waals surface area contributed by atoms with Crippen LogP contribution in [0.3, 0.4) is 0 Å². The van der Waals surface area contributed by atoms with E-state index in [0.717, 1.165) is 0 Å². The molecule has 0 radical (unpaired) electrons. The maximum atomic E-state index is 4.23. The fourth-order valence-corrected chi connectivity index (χ4v) is 2.60. The Morgan fingerprint density at radius 1 is 0.833 bits per heavy atom. The predicted molar refractivity (Wildman–Crippen MR) is 79.1 cm³/mol. The molecule has 1 aromatic heterocycles. The van der Waals surface area contributed by atoms with E-state index in [4.69, 9.17) is 0 Å². The van der Waals surface area contributed by atoms with Gasteiger partial charge in [-0.05, 0) is 33.4 Å². The van der Waals surface area contributed by atoms with E-state index in [2.05, 4.69) is 64.7 Å². The summed E-state index contributed by atoms with van der Waals surface area (Å²) in [4.78, 5) is 4.23. The van der Waals surface area contributed by atoms with E-state index >= 15 is 0 Å². The van der Waals surface area contributed by atoms with E-state index < -0.39 is 0 Å². The van der Waals surface area contributed by atoms with Gasteiger partial charge < -0.3 is 0 Å². The van der Waals surface area contributed by atoms with Gasteiger partial charge in [0.05, 0.1) is 0 Å². The summed E-state index contributed by atoms with van der Waals surface area (Å²) in [5.41, 5.74) is 3.20. The number of fused-ring (bicyclic) bond motifs is 1. The molecule has 1 heteroatoms. The summed E-state index contributed by atoms with van der Waals surface area (Å²) in [5, 5.41) is 2.57. The average molecular weight is 241 g/mol. The van der Waals surface area contributed by atoms with Gasteiger partial charge in [0.25, 0.3) is 0 Å². The molecule has 1 nitrogen and oxygen atoms in total. The van der Waals surface area contributed by atoms with Crippen LogP contribution in [0.4, 0.5) is 0 Å². The van der Waals surface area contributed by atoms with Gasteiger partial charge >= 0.3 is 0 Å². The first kappa shape index (κ1) is 13.1. The summed E-state index contributed by atoms with van der Waals surface area (Å²) >= 11 is 0. The molecule has 0 unspecified atom stereocenters. The second kappa shape index (κ2) is 4.08. The highest BCUT2D eigenvalue weighted by atomic mass is 14.6. The molecule has 0 atom stereocenters. The van der Waals surface area contributed by atoms with Crippen LogP contribution in [0.1, 0.15) is 52.7 Å². The van der Waals surface area contributed by atoms with Crippen LogP contribution in [-0.4, -0.2) is 4.98 Å². The van der Waals surface area contributed by atoms with Crippen LogP contribution in [-0.2, 0) is 10.8 Å². The fourth-order valence-electron chi connectivity index (χ4n) is 2.60. The largest absolute Gasteiger partial charge is 0.264 e. The van der Waals surface area contributed by atoms with E-state index in [1.807, 2.05) is 12.4 Å². The molecule has 0 bridgehead atoms. The van der Waals surface area contributed by atoms with Crippen molar-refractivity contribution < 1.29 is 0 Å². The third-order valence-electron chi connectivity index (χ3n) is 3.38. The molecule has 0 spiro atoms. The molecule has 1 heterocycles. The molecule has 0 N–H and O–H groups in total. The van der Waals surface area contributed by atoms with Crippen molar-refractivity contribution in [1.82, 2.24) is 4.98 Å². The number of pyridine rings is 1. The Morgan fingerprint density at radius 3 is 2.06 bits per heavy atom. The molecule has 96 valence electrons. The van der Waals surface area contributed by atoms with Crippen molar-refractivity contribution in [2.75, 3.05) is 0 Å². The Morgan fingerprint density at radius 2 is 1.50 bits per heavy atom. The third kappa shape index (κ3) is 2.27. The standard InChI is InChI=1S/C17H23N/c1-16(2,3)14-8-7-12-11-18-10-9-13(12)15(14)17(4,5)6/h7-11H,1-6H3. The van der Waals surface area contributed by atoms with Crippen molar-refractivity contribution in [1.29, 1.82) is 0 Å². The number of hydrogen-bond acceptors (Lipinski definition) is 1. The minimum Gasteiger partial charge on any atom is -0.264 e. The Kier molecular flexibility index (Phi) is 2.96. The molecule has 2 aromatic rings. The lowest BCUT2D eigenvalue weighted by Gasteiger charge is -2.31. The predicted octanol–water partition coefficient (Wildman–Crippen LogP) is 4.83. The molecule has 18 heavy (non-hydrogen) atoms. The van der Waals surface area contributed by atoms with Crippen molar-refractivity contribution in [2.45, 2.75) is 52.4 Å².